The van der Waals surface area contributed by atoms with Gasteiger partial charge in [0, 0.05) is 44.6 Å². The number of anilines is 1. The first-order valence-corrected chi connectivity index (χ1v) is 9.42. The molecule has 1 atom stereocenters. The molecule has 1 fully saturated rings. The van der Waals surface area contributed by atoms with Crippen LogP contribution in [0.3, 0.4) is 0 Å². The third-order valence-electron chi connectivity index (χ3n) is 4.77. The second kappa shape index (κ2) is 8.80. The molecule has 1 unspecified atom stereocenters. The number of hydrogen-bond donors (Lipinski definition) is 2. The molecule has 0 bridgehead atoms. The quantitative estimate of drug-likeness (QED) is 0.793. The highest BCUT2D eigenvalue weighted by Gasteiger charge is 2.26. The fraction of sp³-hybridized carbons (Fsp3) is 0.526. The number of nitrogens with two attached hydrogens (primary N) is 1. The molecule has 26 heavy (non-hydrogen) atoms. The summed E-state index contributed by atoms with van der Waals surface area (Å²) in [6, 6.07) is 7.78. The molecule has 1 aliphatic rings. The van der Waals surface area contributed by atoms with Gasteiger partial charge in [-0.05, 0) is 37.3 Å². The molecule has 1 aliphatic heterocycles. The summed E-state index contributed by atoms with van der Waals surface area (Å²) in [5.74, 6) is 0.492. The highest BCUT2D eigenvalue weighted by molar-refractivity contribution is 5.99. The monoisotopic (exact) mass is 356 g/mol. The molecule has 1 amide bonds. The second-order valence-electron chi connectivity index (χ2n) is 6.87. The molecule has 7 heteroatoms. The van der Waals surface area contributed by atoms with Crippen molar-refractivity contribution in [1.82, 2.24) is 19.9 Å². The van der Waals surface area contributed by atoms with Crippen molar-refractivity contribution >= 4 is 11.6 Å². The molecule has 0 radical (unpaired) electrons. The van der Waals surface area contributed by atoms with E-state index in [9.17, 15) is 4.79 Å². The zero-order chi connectivity index (χ0) is 18.4. The van der Waals surface area contributed by atoms with E-state index in [0.717, 1.165) is 62.4 Å². The van der Waals surface area contributed by atoms with Crippen LogP contribution in [0.2, 0.25) is 0 Å². The van der Waals surface area contributed by atoms with E-state index in [1.165, 1.54) is 0 Å². The van der Waals surface area contributed by atoms with Crippen molar-refractivity contribution in [2.24, 2.45) is 11.7 Å². The van der Waals surface area contributed by atoms with Crippen LogP contribution in [0.4, 0.5) is 5.69 Å². The number of benzene rings is 1. The van der Waals surface area contributed by atoms with Crippen molar-refractivity contribution in [3.63, 3.8) is 0 Å². The van der Waals surface area contributed by atoms with Gasteiger partial charge in [-0.1, -0.05) is 24.3 Å². The average Bonchev–Trinajstić information content (AvgIpc) is 3.14. The number of nitrogens with one attached hydrogen (secondary N) is 1. The number of nitrogens with zero attached hydrogens (tertiary/aromatic N) is 4. The summed E-state index contributed by atoms with van der Waals surface area (Å²) in [6.45, 7) is 5.71. The SMILES string of the molecule is CCCNc1ccccc1C(=O)N1CCCC(Cn2cc(CN)nn2)C1. The number of carbonyl (C=O) groups excluding carboxylic acids is 1. The Labute approximate surface area is 154 Å². The van der Waals surface area contributed by atoms with Gasteiger partial charge in [-0.25, -0.2) is 0 Å². The van der Waals surface area contributed by atoms with Gasteiger partial charge < -0.3 is 16.0 Å². The van der Waals surface area contributed by atoms with Crippen molar-refractivity contribution in [2.45, 2.75) is 39.3 Å². The zero-order valence-electron chi connectivity index (χ0n) is 15.4. The zero-order valence-corrected chi connectivity index (χ0v) is 15.4. The van der Waals surface area contributed by atoms with Gasteiger partial charge in [0.15, 0.2) is 0 Å². The molecule has 2 heterocycles. The highest BCUT2D eigenvalue weighted by Crippen LogP contribution is 2.23. The van der Waals surface area contributed by atoms with Crippen molar-refractivity contribution in [3.05, 3.63) is 41.7 Å². The molecule has 0 saturated carbocycles. The lowest BCUT2D eigenvalue weighted by Gasteiger charge is -2.33. The minimum absolute atomic E-state index is 0.107. The van der Waals surface area contributed by atoms with Gasteiger partial charge in [0.05, 0.1) is 11.3 Å². The van der Waals surface area contributed by atoms with Crippen molar-refractivity contribution < 1.29 is 4.79 Å². The molecule has 7 nitrogen and oxygen atoms in total. The van der Waals surface area contributed by atoms with Gasteiger partial charge >= 0.3 is 0 Å². The molecule has 1 aromatic heterocycles. The standard InChI is InChI=1S/C19H28N6O/c1-2-9-21-18-8-4-3-7-17(18)19(26)24-10-5-6-15(12-24)13-25-14-16(11-20)22-23-25/h3-4,7-8,14-15,21H,2,5-6,9-13,20H2,1H3. The van der Waals surface area contributed by atoms with E-state index in [1.807, 2.05) is 40.0 Å². The maximum absolute atomic E-state index is 13.1. The topological polar surface area (TPSA) is 89.1 Å². The van der Waals surface area contributed by atoms with Gasteiger partial charge in [0.25, 0.3) is 5.91 Å². The normalized spacial score (nSPS) is 17.3. The largest absolute Gasteiger partial charge is 0.384 e. The lowest BCUT2D eigenvalue weighted by molar-refractivity contribution is 0.0660. The molecule has 2 aromatic rings. The predicted octanol–water partition coefficient (Wildman–Crippen LogP) is 2.11. The van der Waals surface area contributed by atoms with E-state index in [0.29, 0.717) is 12.5 Å². The van der Waals surface area contributed by atoms with E-state index >= 15 is 0 Å². The number of amides is 1. The Hall–Kier alpha value is -2.41. The Bertz CT molecular complexity index is 728. The van der Waals surface area contributed by atoms with Crippen LogP contribution in [0.25, 0.3) is 0 Å². The number of para-hydroxylation sites is 1. The van der Waals surface area contributed by atoms with E-state index in [2.05, 4.69) is 22.6 Å². The molecule has 3 N–H and O–H groups in total. The number of aromatic nitrogens is 3. The number of carbonyl (C=O) groups is 1. The van der Waals surface area contributed by atoms with Crippen LogP contribution in [0.1, 0.15) is 42.2 Å². The Morgan fingerprint density at radius 1 is 1.38 bits per heavy atom. The van der Waals surface area contributed by atoms with Crippen LogP contribution >= 0.6 is 0 Å². The van der Waals surface area contributed by atoms with Crippen molar-refractivity contribution in [2.75, 3.05) is 25.0 Å². The fourth-order valence-electron chi connectivity index (χ4n) is 3.44. The molecular weight excluding hydrogens is 328 g/mol. The number of piperidine rings is 1. The molecular formula is C19H28N6O. The van der Waals surface area contributed by atoms with E-state index in [1.54, 1.807) is 0 Å². The second-order valence-corrected chi connectivity index (χ2v) is 6.87. The maximum atomic E-state index is 13.1. The van der Waals surface area contributed by atoms with Crippen LogP contribution < -0.4 is 11.1 Å². The van der Waals surface area contributed by atoms with Crippen molar-refractivity contribution in [3.8, 4) is 0 Å². The molecule has 0 spiro atoms. The fourth-order valence-corrected chi connectivity index (χ4v) is 3.44. The first-order valence-electron chi connectivity index (χ1n) is 9.42. The lowest BCUT2D eigenvalue weighted by Crippen LogP contribution is -2.41. The smallest absolute Gasteiger partial charge is 0.255 e. The van der Waals surface area contributed by atoms with E-state index in [-0.39, 0.29) is 5.91 Å². The summed E-state index contributed by atoms with van der Waals surface area (Å²) in [7, 11) is 0. The summed E-state index contributed by atoms with van der Waals surface area (Å²) in [5.41, 5.74) is 8.07. The van der Waals surface area contributed by atoms with Crippen LogP contribution in [0.15, 0.2) is 30.5 Å². The molecule has 0 aliphatic carbocycles. The maximum Gasteiger partial charge on any atom is 0.255 e. The van der Waals surface area contributed by atoms with Gasteiger partial charge in [0.2, 0.25) is 0 Å². The first-order chi connectivity index (χ1) is 12.7. The number of hydrogen-bond acceptors (Lipinski definition) is 5. The Morgan fingerprint density at radius 3 is 3.00 bits per heavy atom. The van der Waals surface area contributed by atoms with Crippen LogP contribution in [-0.2, 0) is 13.1 Å². The number of rotatable bonds is 7. The minimum atomic E-state index is 0.107. The molecule has 1 aromatic carbocycles. The highest BCUT2D eigenvalue weighted by atomic mass is 16.2. The summed E-state index contributed by atoms with van der Waals surface area (Å²) in [5, 5.41) is 11.5. The molecule has 3 rings (SSSR count). The first kappa shape index (κ1) is 18.4. The summed E-state index contributed by atoms with van der Waals surface area (Å²) < 4.78 is 1.84. The number of likely N-dealkylation sites (tertiary alicyclic amines) is 1. The third kappa shape index (κ3) is 4.40. The van der Waals surface area contributed by atoms with Crippen molar-refractivity contribution in [1.29, 1.82) is 0 Å². The van der Waals surface area contributed by atoms with Crippen LogP contribution in [-0.4, -0.2) is 45.4 Å². The predicted molar refractivity (Wildman–Crippen MR) is 102 cm³/mol. The summed E-state index contributed by atoms with van der Waals surface area (Å²) in [6.07, 6.45) is 5.03. The van der Waals surface area contributed by atoms with Gasteiger partial charge in [-0.3, -0.25) is 9.48 Å². The summed E-state index contributed by atoms with van der Waals surface area (Å²) >= 11 is 0. The van der Waals surface area contributed by atoms with Gasteiger partial charge in [0.1, 0.15) is 0 Å². The average molecular weight is 356 g/mol. The molecule has 1 saturated heterocycles. The van der Waals surface area contributed by atoms with E-state index < -0.39 is 0 Å². The summed E-state index contributed by atoms with van der Waals surface area (Å²) in [4.78, 5) is 15.0. The minimum Gasteiger partial charge on any atom is -0.384 e. The van der Waals surface area contributed by atoms with Gasteiger partial charge in [-0.2, -0.15) is 0 Å². The Kier molecular flexibility index (Phi) is 6.22. The van der Waals surface area contributed by atoms with Gasteiger partial charge in [-0.15, -0.1) is 5.10 Å². The van der Waals surface area contributed by atoms with E-state index in [4.69, 9.17) is 5.73 Å². The third-order valence-corrected chi connectivity index (χ3v) is 4.77. The Balaban J connectivity index is 1.66. The molecule has 140 valence electrons. The van der Waals surface area contributed by atoms with Crippen LogP contribution in [0, 0.1) is 5.92 Å². The lowest BCUT2D eigenvalue weighted by atomic mass is 9.97. The Morgan fingerprint density at radius 2 is 2.23 bits per heavy atom. The van der Waals surface area contributed by atoms with Crippen LogP contribution in [0.5, 0.6) is 0 Å².